The summed E-state index contributed by atoms with van der Waals surface area (Å²) in [5.74, 6) is -1.54. The van der Waals surface area contributed by atoms with Crippen LogP contribution in [0, 0.1) is 6.92 Å². The molecular weight excluding hydrogens is 448 g/mol. The van der Waals surface area contributed by atoms with Gasteiger partial charge in [0.1, 0.15) is 5.76 Å². The number of anilines is 1. The van der Waals surface area contributed by atoms with Gasteiger partial charge in [0.15, 0.2) is 0 Å². The Hall–Kier alpha value is -4.25. The van der Waals surface area contributed by atoms with E-state index in [1.54, 1.807) is 24.5 Å². The molecule has 4 aromatic rings. The number of benzene rings is 3. The Labute approximate surface area is 210 Å². The number of amides is 1. The molecule has 0 aliphatic carbocycles. The Morgan fingerprint density at radius 1 is 0.917 bits per heavy atom. The van der Waals surface area contributed by atoms with Crippen LogP contribution in [0.2, 0.25) is 0 Å². The van der Waals surface area contributed by atoms with E-state index < -0.39 is 17.7 Å². The number of carbonyl (C=O) groups is 2. The van der Waals surface area contributed by atoms with E-state index in [1.807, 2.05) is 67.6 Å². The molecule has 1 N–H and O–H groups in total. The van der Waals surface area contributed by atoms with Crippen LogP contribution in [0.3, 0.4) is 0 Å². The normalized spacial score (nSPS) is 17.7. The maximum absolute atomic E-state index is 13.6. The lowest BCUT2D eigenvalue weighted by Gasteiger charge is -2.27. The molecule has 5 rings (SSSR count). The number of nitrogens with zero attached hydrogens (tertiary/aromatic N) is 2. The molecular formula is C31H28N2O3. The van der Waals surface area contributed by atoms with Crippen LogP contribution in [0.4, 0.5) is 5.69 Å². The molecule has 0 radical (unpaired) electrons. The molecule has 1 unspecified atom stereocenters. The number of hydrogen-bond donors (Lipinski definition) is 1. The number of hydrogen-bond acceptors (Lipinski definition) is 4. The number of pyridine rings is 1. The molecule has 3 aromatic carbocycles. The minimum absolute atomic E-state index is 0.0771. The lowest BCUT2D eigenvalue weighted by atomic mass is 9.84. The van der Waals surface area contributed by atoms with Crippen LogP contribution in [0.1, 0.15) is 49.1 Å². The monoisotopic (exact) mass is 476 g/mol. The highest BCUT2D eigenvalue weighted by Crippen LogP contribution is 2.44. The van der Waals surface area contributed by atoms with Gasteiger partial charge in [-0.3, -0.25) is 19.5 Å². The number of aryl methyl sites for hydroxylation is 1. The Morgan fingerprint density at radius 2 is 1.61 bits per heavy atom. The molecule has 2 heterocycles. The SMILES string of the molecule is Cc1ccc(C(C)(C)C)cc1/C(O)=C1\C(=O)C(=O)N(c2cccc3ccccc23)C1c1ccncc1. The molecule has 0 spiro atoms. The van der Waals surface area contributed by atoms with Crippen LogP contribution in [0.15, 0.2) is 90.8 Å². The maximum Gasteiger partial charge on any atom is 0.300 e. The van der Waals surface area contributed by atoms with Crippen LogP contribution in [-0.2, 0) is 15.0 Å². The summed E-state index contributed by atoms with van der Waals surface area (Å²) in [6.07, 6.45) is 3.26. The molecule has 0 saturated carbocycles. The van der Waals surface area contributed by atoms with E-state index in [0.29, 0.717) is 16.8 Å². The van der Waals surface area contributed by atoms with Gasteiger partial charge < -0.3 is 5.11 Å². The van der Waals surface area contributed by atoms with Crippen LogP contribution >= 0.6 is 0 Å². The lowest BCUT2D eigenvalue weighted by Crippen LogP contribution is -2.29. The van der Waals surface area contributed by atoms with E-state index in [9.17, 15) is 14.7 Å². The van der Waals surface area contributed by atoms with Gasteiger partial charge >= 0.3 is 0 Å². The molecule has 1 aromatic heterocycles. The van der Waals surface area contributed by atoms with Crippen molar-refractivity contribution in [2.45, 2.75) is 39.2 Å². The largest absolute Gasteiger partial charge is 0.507 e. The summed E-state index contributed by atoms with van der Waals surface area (Å²) < 4.78 is 0. The molecule has 1 aliphatic rings. The van der Waals surface area contributed by atoms with Gasteiger partial charge in [0, 0.05) is 23.3 Å². The summed E-state index contributed by atoms with van der Waals surface area (Å²) in [6.45, 7) is 8.18. The zero-order valence-electron chi connectivity index (χ0n) is 20.8. The van der Waals surface area contributed by atoms with Crippen molar-refractivity contribution in [1.29, 1.82) is 0 Å². The molecule has 1 fully saturated rings. The Balaban J connectivity index is 1.78. The first-order chi connectivity index (χ1) is 17.2. The predicted octanol–water partition coefficient (Wildman–Crippen LogP) is 6.47. The molecule has 1 saturated heterocycles. The second-order valence-electron chi connectivity index (χ2n) is 10.2. The number of carbonyl (C=O) groups excluding carboxylic acids is 2. The highest BCUT2D eigenvalue weighted by Gasteiger charge is 2.47. The number of fused-ring (bicyclic) bond motifs is 1. The van der Waals surface area contributed by atoms with Gasteiger partial charge in [0.05, 0.1) is 17.3 Å². The van der Waals surface area contributed by atoms with Gasteiger partial charge in [0.2, 0.25) is 0 Å². The predicted molar refractivity (Wildman–Crippen MR) is 143 cm³/mol. The molecule has 36 heavy (non-hydrogen) atoms. The van der Waals surface area contributed by atoms with E-state index in [2.05, 4.69) is 25.8 Å². The fourth-order valence-electron chi connectivity index (χ4n) is 4.85. The average molecular weight is 477 g/mol. The number of aromatic nitrogens is 1. The molecule has 1 atom stereocenters. The van der Waals surface area contributed by atoms with Gasteiger partial charge in [-0.15, -0.1) is 0 Å². The summed E-state index contributed by atoms with van der Waals surface area (Å²) in [5.41, 5.74) is 3.65. The van der Waals surface area contributed by atoms with Crippen molar-refractivity contribution in [2.75, 3.05) is 4.90 Å². The van der Waals surface area contributed by atoms with Crippen molar-refractivity contribution in [1.82, 2.24) is 4.98 Å². The summed E-state index contributed by atoms with van der Waals surface area (Å²) >= 11 is 0. The number of aliphatic hydroxyl groups excluding tert-OH is 1. The standard InChI is InChI=1S/C31H28N2O3/c1-19-12-13-22(31(2,3)4)18-24(19)28(34)26-27(21-14-16-32-17-15-21)33(30(36)29(26)35)25-11-7-9-20-8-5-6-10-23(20)25/h5-18,27,34H,1-4H3/b28-26+. The third-order valence-corrected chi connectivity index (χ3v) is 6.85. The molecule has 0 bridgehead atoms. The number of rotatable bonds is 3. The van der Waals surface area contributed by atoms with Crippen molar-refractivity contribution < 1.29 is 14.7 Å². The highest BCUT2D eigenvalue weighted by atomic mass is 16.3. The van der Waals surface area contributed by atoms with Crippen molar-refractivity contribution in [3.63, 3.8) is 0 Å². The van der Waals surface area contributed by atoms with Crippen molar-refractivity contribution in [3.05, 3.63) is 113 Å². The number of Topliss-reactive ketones (excluding diaryl/α,β-unsaturated/α-hetero) is 1. The van der Waals surface area contributed by atoms with Gasteiger partial charge in [-0.2, -0.15) is 0 Å². The van der Waals surface area contributed by atoms with Crippen molar-refractivity contribution in [2.24, 2.45) is 0 Å². The first-order valence-corrected chi connectivity index (χ1v) is 12.0. The summed E-state index contributed by atoms with van der Waals surface area (Å²) in [5, 5.41) is 13.5. The molecule has 5 nitrogen and oxygen atoms in total. The Morgan fingerprint density at radius 3 is 2.33 bits per heavy atom. The number of aliphatic hydroxyl groups is 1. The molecule has 180 valence electrons. The van der Waals surface area contributed by atoms with Gasteiger partial charge in [-0.1, -0.05) is 69.3 Å². The Kier molecular flexibility index (Phi) is 5.71. The van der Waals surface area contributed by atoms with Crippen molar-refractivity contribution >= 4 is 33.9 Å². The molecule has 1 amide bonds. The minimum Gasteiger partial charge on any atom is -0.507 e. The summed E-state index contributed by atoms with van der Waals surface area (Å²) in [7, 11) is 0. The fraction of sp³-hybridized carbons (Fsp3) is 0.194. The smallest absolute Gasteiger partial charge is 0.300 e. The second-order valence-corrected chi connectivity index (χ2v) is 10.2. The third kappa shape index (κ3) is 3.87. The first-order valence-electron chi connectivity index (χ1n) is 12.0. The summed E-state index contributed by atoms with van der Waals surface area (Å²) in [6, 6.07) is 22.1. The number of ketones is 1. The van der Waals surface area contributed by atoms with E-state index >= 15 is 0 Å². The van der Waals surface area contributed by atoms with E-state index in [-0.39, 0.29) is 16.7 Å². The van der Waals surface area contributed by atoms with E-state index in [0.717, 1.165) is 21.9 Å². The average Bonchev–Trinajstić information content (AvgIpc) is 3.13. The zero-order valence-corrected chi connectivity index (χ0v) is 20.8. The topological polar surface area (TPSA) is 70.5 Å². The van der Waals surface area contributed by atoms with E-state index in [1.165, 1.54) is 4.90 Å². The molecule has 5 heteroatoms. The third-order valence-electron chi connectivity index (χ3n) is 6.85. The van der Waals surface area contributed by atoms with E-state index in [4.69, 9.17) is 0 Å². The van der Waals surface area contributed by atoms with Gasteiger partial charge in [-0.25, -0.2) is 0 Å². The van der Waals surface area contributed by atoms with Crippen LogP contribution in [0.5, 0.6) is 0 Å². The highest BCUT2D eigenvalue weighted by molar-refractivity contribution is 6.52. The Bertz CT molecular complexity index is 1530. The lowest BCUT2D eigenvalue weighted by molar-refractivity contribution is -0.132. The zero-order chi connectivity index (χ0) is 25.6. The van der Waals surface area contributed by atoms with Gasteiger partial charge in [-0.05, 0) is 58.7 Å². The summed E-state index contributed by atoms with van der Waals surface area (Å²) in [4.78, 5) is 32.8. The maximum atomic E-state index is 13.6. The van der Waals surface area contributed by atoms with Crippen LogP contribution < -0.4 is 4.90 Å². The van der Waals surface area contributed by atoms with Gasteiger partial charge in [0.25, 0.3) is 11.7 Å². The fourth-order valence-corrected chi connectivity index (χ4v) is 4.85. The first kappa shape index (κ1) is 23.5. The van der Waals surface area contributed by atoms with Crippen molar-refractivity contribution in [3.8, 4) is 0 Å². The van der Waals surface area contributed by atoms with Crippen LogP contribution in [0.25, 0.3) is 16.5 Å². The quantitative estimate of drug-likeness (QED) is 0.209. The molecule has 1 aliphatic heterocycles. The second kappa shape index (κ2) is 8.76. The van der Waals surface area contributed by atoms with Crippen LogP contribution in [-0.4, -0.2) is 21.8 Å². The minimum atomic E-state index is -0.795.